The molecule has 1 aromatic rings. The normalized spacial score (nSPS) is 20.1. The van der Waals surface area contributed by atoms with E-state index in [4.69, 9.17) is 22.1 Å². The van der Waals surface area contributed by atoms with Crippen molar-refractivity contribution in [3.8, 4) is 0 Å². The molecule has 3 nitrogen and oxygen atoms in total. The Balaban J connectivity index is 2.09. The van der Waals surface area contributed by atoms with E-state index in [1.165, 1.54) is 0 Å². The van der Waals surface area contributed by atoms with Crippen molar-refractivity contribution in [3.63, 3.8) is 0 Å². The largest absolute Gasteiger partial charge is 0.381 e. The molecule has 20 heavy (non-hydrogen) atoms. The third-order valence-corrected chi connectivity index (χ3v) is 4.43. The summed E-state index contributed by atoms with van der Waals surface area (Å²) in [6, 6.07) is 8.21. The summed E-state index contributed by atoms with van der Waals surface area (Å²) in [7, 11) is 2.15. The molecule has 0 radical (unpaired) electrons. The lowest BCUT2D eigenvalue weighted by Gasteiger charge is -2.35. The molecule has 2 rings (SSSR count). The second-order valence-corrected chi connectivity index (χ2v) is 6.23. The number of nitrogens with two attached hydrogens (primary N) is 1. The third kappa shape index (κ3) is 3.95. The van der Waals surface area contributed by atoms with Gasteiger partial charge in [-0.05, 0) is 44.4 Å². The summed E-state index contributed by atoms with van der Waals surface area (Å²) < 4.78 is 5.43. The highest BCUT2D eigenvalue weighted by Gasteiger charge is 2.26. The number of ether oxygens (including phenoxy) is 1. The van der Waals surface area contributed by atoms with Gasteiger partial charge in [0.2, 0.25) is 0 Å². The monoisotopic (exact) mass is 296 g/mol. The minimum atomic E-state index is 0.0414. The number of likely N-dealkylation sites (N-methyl/N-ethyl adjacent to an activating group) is 1. The van der Waals surface area contributed by atoms with Gasteiger partial charge < -0.3 is 10.5 Å². The van der Waals surface area contributed by atoms with Gasteiger partial charge in [0.25, 0.3) is 0 Å². The fourth-order valence-electron chi connectivity index (χ4n) is 3.09. The molecule has 2 N–H and O–H groups in total. The molecule has 1 fully saturated rings. The van der Waals surface area contributed by atoms with Crippen molar-refractivity contribution < 1.29 is 4.74 Å². The molecule has 0 aromatic heterocycles. The van der Waals surface area contributed by atoms with Crippen molar-refractivity contribution in [2.75, 3.05) is 26.8 Å². The van der Waals surface area contributed by atoms with E-state index in [2.05, 4.69) is 24.9 Å². The van der Waals surface area contributed by atoms with Crippen LogP contribution >= 0.6 is 11.6 Å². The zero-order valence-corrected chi connectivity index (χ0v) is 13.1. The number of hydrogen-bond donors (Lipinski definition) is 1. The molecule has 2 atom stereocenters. The number of hydrogen-bond acceptors (Lipinski definition) is 3. The second-order valence-electron chi connectivity index (χ2n) is 5.82. The maximum absolute atomic E-state index is 6.35. The Morgan fingerprint density at radius 3 is 2.60 bits per heavy atom. The van der Waals surface area contributed by atoms with Crippen LogP contribution in [0.25, 0.3) is 0 Å². The van der Waals surface area contributed by atoms with Gasteiger partial charge in [-0.1, -0.05) is 29.8 Å². The zero-order valence-electron chi connectivity index (χ0n) is 12.4. The summed E-state index contributed by atoms with van der Waals surface area (Å²) in [5.41, 5.74) is 7.34. The maximum Gasteiger partial charge on any atom is 0.0508 e. The topological polar surface area (TPSA) is 38.5 Å². The Kier molecular flexibility index (Phi) is 5.85. The Morgan fingerprint density at radius 2 is 2.00 bits per heavy atom. The first-order chi connectivity index (χ1) is 9.59. The number of nitrogens with zero attached hydrogens (tertiary/aromatic N) is 1. The van der Waals surface area contributed by atoms with Gasteiger partial charge in [0.15, 0.2) is 0 Å². The predicted molar refractivity (Wildman–Crippen MR) is 84.0 cm³/mol. The van der Waals surface area contributed by atoms with Crippen LogP contribution in [0.15, 0.2) is 24.3 Å². The second kappa shape index (κ2) is 7.41. The van der Waals surface area contributed by atoms with Gasteiger partial charge in [-0.25, -0.2) is 0 Å². The molecule has 1 aromatic carbocycles. The van der Waals surface area contributed by atoms with E-state index in [0.29, 0.717) is 5.92 Å². The van der Waals surface area contributed by atoms with E-state index >= 15 is 0 Å². The summed E-state index contributed by atoms with van der Waals surface area (Å²) in [6.45, 7) is 4.86. The van der Waals surface area contributed by atoms with Crippen LogP contribution in [0.4, 0.5) is 0 Å². The van der Waals surface area contributed by atoms with Crippen LogP contribution in [0.5, 0.6) is 0 Å². The fourth-order valence-corrected chi connectivity index (χ4v) is 3.33. The standard InChI is InChI=1S/C16H25ClN2O/c1-12(18)16(14-5-3-4-6-15(14)17)19(2)11-13-7-9-20-10-8-13/h3-6,12-13,16H,7-11,18H2,1-2H3. The van der Waals surface area contributed by atoms with Gasteiger partial charge >= 0.3 is 0 Å². The maximum atomic E-state index is 6.35. The highest BCUT2D eigenvalue weighted by molar-refractivity contribution is 6.31. The summed E-state index contributed by atoms with van der Waals surface area (Å²) >= 11 is 6.35. The fraction of sp³-hybridized carbons (Fsp3) is 0.625. The average Bonchev–Trinajstić information content (AvgIpc) is 2.42. The van der Waals surface area contributed by atoms with Gasteiger partial charge in [0.1, 0.15) is 0 Å². The SMILES string of the molecule is CC(N)C(c1ccccc1Cl)N(C)CC1CCOCC1. The van der Waals surface area contributed by atoms with Crippen molar-refractivity contribution in [1.82, 2.24) is 4.90 Å². The van der Waals surface area contributed by atoms with Crippen molar-refractivity contribution in [2.24, 2.45) is 11.7 Å². The molecule has 0 bridgehead atoms. The van der Waals surface area contributed by atoms with Gasteiger partial charge in [-0.15, -0.1) is 0 Å². The van der Waals surface area contributed by atoms with Crippen LogP contribution in [0.3, 0.4) is 0 Å². The van der Waals surface area contributed by atoms with Crippen LogP contribution in [-0.2, 0) is 4.74 Å². The average molecular weight is 297 g/mol. The quantitative estimate of drug-likeness (QED) is 0.907. The van der Waals surface area contributed by atoms with E-state index in [1.54, 1.807) is 0 Å². The molecule has 2 unspecified atom stereocenters. The molecule has 4 heteroatoms. The van der Waals surface area contributed by atoms with Crippen molar-refractivity contribution >= 4 is 11.6 Å². The first kappa shape index (κ1) is 15.8. The number of benzene rings is 1. The summed E-state index contributed by atoms with van der Waals surface area (Å²) in [4.78, 5) is 2.35. The van der Waals surface area contributed by atoms with Crippen LogP contribution in [0.1, 0.15) is 31.4 Å². The van der Waals surface area contributed by atoms with Crippen LogP contribution < -0.4 is 5.73 Å². The highest BCUT2D eigenvalue weighted by atomic mass is 35.5. The van der Waals surface area contributed by atoms with Crippen molar-refractivity contribution in [2.45, 2.75) is 31.8 Å². The summed E-state index contributed by atoms with van der Waals surface area (Å²) in [5.74, 6) is 0.692. The molecule has 0 amide bonds. The molecule has 112 valence electrons. The molecule has 1 heterocycles. The highest BCUT2D eigenvalue weighted by Crippen LogP contribution is 2.30. The lowest BCUT2D eigenvalue weighted by Crippen LogP contribution is -2.40. The van der Waals surface area contributed by atoms with Crippen molar-refractivity contribution in [3.05, 3.63) is 34.9 Å². The van der Waals surface area contributed by atoms with E-state index in [0.717, 1.165) is 43.2 Å². The van der Waals surface area contributed by atoms with Crippen LogP contribution in [0, 0.1) is 5.92 Å². The first-order valence-corrected chi connectivity index (χ1v) is 7.75. The molecule has 0 spiro atoms. The lowest BCUT2D eigenvalue weighted by molar-refractivity contribution is 0.0487. The zero-order chi connectivity index (χ0) is 14.5. The lowest BCUT2D eigenvalue weighted by atomic mass is 9.95. The molecular formula is C16H25ClN2O. The molecule has 1 aliphatic rings. The molecule has 1 aliphatic heterocycles. The molecular weight excluding hydrogens is 272 g/mol. The molecule has 1 saturated heterocycles. The first-order valence-electron chi connectivity index (χ1n) is 7.37. The Hall–Kier alpha value is -0.610. The number of rotatable bonds is 5. The Labute approximate surface area is 127 Å². The predicted octanol–water partition coefficient (Wildman–Crippen LogP) is 3.09. The van der Waals surface area contributed by atoms with Crippen LogP contribution in [-0.4, -0.2) is 37.7 Å². The summed E-state index contributed by atoms with van der Waals surface area (Å²) in [5, 5.41) is 0.800. The van der Waals surface area contributed by atoms with E-state index in [9.17, 15) is 0 Å². The van der Waals surface area contributed by atoms with Crippen molar-refractivity contribution in [1.29, 1.82) is 0 Å². The molecule has 0 aliphatic carbocycles. The van der Waals surface area contributed by atoms with E-state index in [-0.39, 0.29) is 12.1 Å². The van der Waals surface area contributed by atoms with Gasteiger partial charge in [0.05, 0.1) is 6.04 Å². The van der Waals surface area contributed by atoms with Crippen LogP contribution in [0.2, 0.25) is 5.02 Å². The van der Waals surface area contributed by atoms with E-state index < -0.39 is 0 Å². The van der Waals surface area contributed by atoms with Gasteiger partial charge in [-0.2, -0.15) is 0 Å². The van der Waals surface area contributed by atoms with Gasteiger partial charge in [-0.3, -0.25) is 4.90 Å². The summed E-state index contributed by atoms with van der Waals surface area (Å²) in [6.07, 6.45) is 2.27. The molecule has 0 saturated carbocycles. The number of halogens is 1. The minimum absolute atomic E-state index is 0.0414. The van der Waals surface area contributed by atoms with E-state index in [1.807, 2.05) is 18.2 Å². The Bertz CT molecular complexity index is 419. The Morgan fingerprint density at radius 1 is 1.35 bits per heavy atom. The smallest absolute Gasteiger partial charge is 0.0508 e. The van der Waals surface area contributed by atoms with Gasteiger partial charge in [0, 0.05) is 30.8 Å². The minimum Gasteiger partial charge on any atom is -0.381 e. The third-order valence-electron chi connectivity index (χ3n) is 4.08.